The van der Waals surface area contributed by atoms with Crippen molar-refractivity contribution in [1.29, 1.82) is 0 Å². The minimum absolute atomic E-state index is 0.336. The Kier molecular flexibility index (Phi) is 4.33. The van der Waals surface area contributed by atoms with Gasteiger partial charge in [-0.2, -0.15) is 9.50 Å². The van der Waals surface area contributed by atoms with E-state index in [1.54, 1.807) is 50.6 Å². The third-order valence-electron chi connectivity index (χ3n) is 4.02. The average Bonchev–Trinajstić information content (AvgIpc) is 3.23. The van der Waals surface area contributed by atoms with Crippen LogP contribution in [0.1, 0.15) is 5.56 Å². The number of hydrogen-bond donors (Lipinski definition) is 0. The Hall–Kier alpha value is -3.26. The van der Waals surface area contributed by atoms with E-state index in [1.807, 2.05) is 0 Å². The maximum Gasteiger partial charge on any atom is 0.291 e. The summed E-state index contributed by atoms with van der Waals surface area (Å²) in [6, 6.07) is 11.6. The van der Waals surface area contributed by atoms with Gasteiger partial charge in [0.15, 0.2) is 17.3 Å². The first-order valence-corrected chi connectivity index (χ1v) is 8.80. The summed E-state index contributed by atoms with van der Waals surface area (Å²) in [5.74, 6) is 1.15. The predicted molar refractivity (Wildman–Crippen MR) is 101 cm³/mol. The quantitative estimate of drug-likeness (QED) is 0.542. The van der Waals surface area contributed by atoms with Crippen molar-refractivity contribution in [2.75, 3.05) is 14.2 Å². The molecule has 2 aromatic carbocycles. The fourth-order valence-electron chi connectivity index (χ4n) is 2.66. The van der Waals surface area contributed by atoms with Gasteiger partial charge in [0.05, 0.1) is 18.8 Å². The molecule has 2 aromatic heterocycles. The Bertz CT molecular complexity index is 1250. The van der Waals surface area contributed by atoms with Gasteiger partial charge in [-0.25, -0.2) is 4.39 Å². The lowest BCUT2D eigenvalue weighted by atomic mass is 10.2. The molecule has 0 spiro atoms. The fraction of sp³-hybridized carbons (Fsp3) is 0.105. The summed E-state index contributed by atoms with van der Waals surface area (Å²) in [6.07, 6.45) is 1.51. The molecule has 0 amide bonds. The molecule has 0 saturated carbocycles. The van der Waals surface area contributed by atoms with Gasteiger partial charge >= 0.3 is 0 Å². The minimum Gasteiger partial charge on any atom is -0.493 e. The van der Waals surface area contributed by atoms with Crippen molar-refractivity contribution in [1.82, 2.24) is 14.6 Å². The summed E-state index contributed by atoms with van der Waals surface area (Å²) in [5, 5.41) is 4.29. The highest BCUT2D eigenvalue weighted by Crippen LogP contribution is 2.31. The highest BCUT2D eigenvalue weighted by Gasteiger charge is 2.14. The first kappa shape index (κ1) is 17.2. The third-order valence-corrected chi connectivity index (χ3v) is 4.97. The third kappa shape index (κ3) is 3.04. The second-order valence-corrected chi connectivity index (χ2v) is 6.65. The van der Waals surface area contributed by atoms with Crippen molar-refractivity contribution >= 4 is 22.4 Å². The Morgan fingerprint density at radius 2 is 1.89 bits per heavy atom. The molecule has 0 fully saturated rings. The Labute approximate surface area is 157 Å². The molecule has 0 aliphatic heterocycles. The molecule has 0 N–H and O–H groups in total. The summed E-state index contributed by atoms with van der Waals surface area (Å²) < 4.78 is 25.9. The van der Waals surface area contributed by atoms with Gasteiger partial charge in [-0.3, -0.25) is 4.79 Å². The Morgan fingerprint density at radius 3 is 2.59 bits per heavy atom. The monoisotopic (exact) mass is 383 g/mol. The molecule has 2 heterocycles. The zero-order valence-corrected chi connectivity index (χ0v) is 15.3. The number of aromatic nitrogens is 3. The number of thiazole rings is 1. The molecule has 0 aliphatic carbocycles. The van der Waals surface area contributed by atoms with Gasteiger partial charge < -0.3 is 9.47 Å². The van der Waals surface area contributed by atoms with Crippen LogP contribution in [0.2, 0.25) is 0 Å². The largest absolute Gasteiger partial charge is 0.493 e. The van der Waals surface area contributed by atoms with Crippen molar-refractivity contribution in [2.45, 2.75) is 0 Å². The molecular weight excluding hydrogens is 369 g/mol. The Balaban J connectivity index is 1.80. The summed E-state index contributed by atoms with van der Waals surface area (Å²) in [7, 11) is 3.10. The maximum atomic E-state index is 13.8. The van der Waals surface area contributed by atoms with Crippen LogP contribution in [0.15, 0.2) is 47.3 Å². The van der Waals surface area contributed by atoms with Crippen LogP contribution in [0.25, 0.3) is 22.4 Å². The van der Waals surface area contributed by atoms with Crippen molar-refractivity contribution in [3.05, 3.63) is 68.7 Å². The zero-order valence-electron chi connectivity index (χ0n) is 14.5. The summed E-state index contributed by atoms with van der Waals surface area (Å²) >= 11 is 1.16. The number of benzene rings is 2. The van der Waals surface area contributed by atoms with Gasteiger partial charge in [-0.1, -0.05) is 29.5 Å². The molecule has 4 rings (SSSR count). The van der Waals surface area contributed by atoms with E-state index in [4.69, 9.17) is 9.47 Å². The van der Waals surface area contributed by atoms with Crippen molar-refractivity contribution in [3.8, 4) is 22.9 Å². The summed E-state index contributed by atoms with van der Waals surface area (Å²) in [6.45, 7) is 0. The van der Waals surface area contributed by atoms with E-state index in [1.165, 1.54) is 16.7 Å². The van der Waals surface area contributed by atoms with E-state index in [0.29, 0.717) is 37.9 Å². The summed E-state index contributed by atoms with van der Waals surface area (Å²) in [4.78, 5) is 17.4. The number of rotatable bonds is 4. The standard InChI is InChI=1S/C19H14FN3O3S/c1-25-14-8-7-12(9-15(14)26-2)17-21-19-23(22-17)18(24)16(27-19)10-11-5-3-4-6-13(11)20/h3-10H,1-2H3/b16-10+. The van der Waals surface area contributed by atoms with Gasteiger partial charge in [0.2, 0.25) is 4.96 Å². The van der Waals surface area contributed by atoms with Crippen LogP contribution < -0.4 is 19.6 Å². The average molecular weight is 383 g/mol. The van der Waals surface area contributed by atoms with Crippen molar-refractivity contribution in [3.63, 3.8) is 0 Å². The molecule has 136 valence electrons. The number of ether oxygens (including phenoxy) is 2. The zero-order chi connectivity index (χ0) is 19.0. The lowest BCUT2D eigenvalue weighted by molar-refractivity contribution is 0.355. The van der Waals surface area contributed by atoms with Gasteiger partial charge in [-0.15, -0.1) is 5.10 Å². The number of hydrogen-bond acceptors (Lipinski definition) is 6. The van der Waals surface area contributed by atoms with Crippen LogP contribution >= 0.6 is 11.3 Å². The first-order chi connectivity index (χ1) is 13.1. The van der Waals surface area contributed by atoms with Gasteiger partial charge in [-0.05, 0) is 30.3 Å². The molecule has 0 aliphatic rings. The minimum atomic E-state index is -0.387. The van der Waals surface area contributed by atoms with Gasteiger partial charge in [0.25, 0.3) is 5.56 Å². The van der Waals surface area contributed by atoms with Crippen LogP contribution in [0.3, 0.4) is 0 Å². The SMILES string of the molecule is COc1ccc(-c2nc3s/c(=C/c4ccccc4F)c(=O)n3n2)cc1OC. The van der Waals surface area contributed by atoms with E-state index in [9.17, 15) is 9.18 Å². The topological polar surface area (TPSA) is 65.7 Å². The lowest BCUT2D eigenvalue weighted by Gasteiger charge is -2.07. The van der Waals surface area contributed by atoms with Crippen LogP contribution in [-0.2, 0) is 0 Å². The van der Waals surface area contributed by atoms with E-state index < -0.39 is 0 Å². The molecule has 0 unspecified atom stereocenters. The Morgan fingerprint density at radius 1 is 1.11 bits per heavy atom. The molecule has 6 nitrogen and oxygen atoms in total. The maximum absolute atomic E-state index is 13.8. The number of nitrogens with zero attached hydrogens (tertiary/aromatic N) is 3. The van der Waals surface area contributed by atoms with Crippen LogP contribution in [0, 0.1) is 5.82 Å². The number of fused-ring (bicyclic) bond motifs is 1. The van der Waals surface area contributed by atoms with Crippen LogP contribution in [-0.4, -0.2) is 28.8 Å². The molecule has 0 bridgehead atoms. The van der Waals surface area contributed by atoms with Gasteiger partial charge in [0.1, 0.15) is 5.82 Å². The molecule has 8 heteroatoms. The molecule has 27 heavy (non-hydrogen) atoms. The van der Waals surface area contributed by atoms with E-state index >= 15 is 0 Å². The van der Waals surface area contributed by atoms with E-state index in [0.717, 1.165) is 11.3 Å². The fourth-order valence-corrected chi connectivity index (χ4v) is 3.56. The molecule has 4 aromatic rings. The van der Waals surface area contributed by atoms with Crippen LogP contribution in [0.4, 0.5) is 4.39 Å². The molecular formula is C19H14FN3O3S. The lowest BCUT2D eigenvalue weighted by Crippen LogP contribution is -2.23. The number of methoxy groups -OCH3 is 2. The highest BCUT2D eigenvalue weighted by atomic mass is 32.1. The number of halogens is 1. The van der Waals surface area contributed by atoms with Crippen LogP contribution in [0.5, 0.6) is 11.5 Å². The van der Waals surface area contributed by atoms with Gasteiger partial charge in [0, 0.05) is 11.1 Å². The normalized spacial score (nSPS) is 11.9. The molecule has 0 saturated heterocycles. The van der Waals surface area contributed by atoms with E-state index in [2.05, 4.69) is 10.1 Å². The second kappa shape index (κ2) is 6.81. The summed E-state index contributed by atoms with van der Waals surface area (Å²) in [5.41, 5.74) is 0.708. The highest BCUT2D eigenvalue weighted by molar-refractivity contribution is 7.15. The molecule has 0 atom stereocenters. The first-order valence-electron chi connectivity index (χ1n) is 7.99. The smallest absolute Gasteiger partial charge is 0.291 e. The van der Waals surface area contributed by atoms with Crippen molar-refractivity contribution < 1.29 is 13.9 Å². The van der Waals surface area contributed by atoms with E-state index in [-0.39, 0.29) is 11.4 Å². The molecule has 0 radical (unpaired) electrons. The predicted octanol–water partition coefficient (Wildman–Crippen LogP) is 2.52. The second-order valence-electron chi connectivity index (χ2n) is 5.64. The van der Waals surface area contributed by atoms with Crippen molar-refractivity contribution in [2.24, 2.45) is 0 Å².